The SMILES string of the molecule is Fc1cc(Cl)ccc1CSc1ccc2ccccc2c1. The third-order valence-corrected chi connectivity index (χ3v) is 4.41. The third kappa shape index (κ3) is 2.97. The van der Waals surface area contributed by atoms with Crippen LogP contribution < -0.4 is 0 Å². The van der Waals surface area contributed by atoms with Gasteiger partial charge >= 0.3 is 0 Å². The van der Waals surface area contributed by atoms with E-state index in [9.17, 15) is 4.39 Å². The van der Waals surface area contributed by atoms with Crippen LogP contribution in [0.5, 0.6) is 0 Å². The molecule has 0 spiro atoms. The first-order valence-electron chi connectivity index (χ1n) is 6.28. The number of fused-ring (bicyclic) bond motifs is 1. The third-order valence-electron chi connectivity index (χ3n) is 3.13. The lowest BCUT2D eigenvalue weighted by atomic mass is 10.1. The number of thioether (sulfide) groups is 1. The van der Waals surface area contributed by atoms with Gasteiger partial charge in [-0.1, -0.05) is 48.0 Å². The first kappa shape index (κ1) is 13.5. The fraction of sp³-hybridized carbons (Fsp3) is 0.0588. The van der Waals surface area contributed by atoms with E-state index in [2.05, 4.69) is 30.3 Å². The van der Waals surface area contributed by atoms with Crippen molar-refractivity contribution in [1.29, 1.82) is 0 Å². The zero-order valence-corrected chi connectivity index (χ0v) is 12.2. The lowest BCUT2D eigenvalue weighted by Gasteiger charge is -2.05. The Morgan fingerprint density at radius 3 is 2.50 bits per heavy atom. The Hall–Kier alpha value is -1.51. The summed E-state index contributed by atoms with van der Waals surface area (Å²) in [6, 6.07) is 19.3. The summed E-state index contributed by atoms with van der Waals surface area (Å²) in [6.45, 7) is 0. The van der Waals surface area contributed by atoms with Crippen molar-refractivity contribution in [2.75, 3.05) is 0 Å². The maximum atomic E-state index is 13.7. The number of rotatable bonds is 3. The van der Waals surface area contributed by atoms with Crippen LogP contribution in [0.25, 0.3) is 10.8 Å². The first-order chi connectivity index (χ1) is 9.72. The molecule has 20 heavy (non-hydrogen) atoms. The summed E-state index contributed by atoms with van der Waals surface area (Å²) in [5.74, 6) is 0.354. The van der Waals surface area contributed by atoms with Gasteiger partial charge in [-0.15, -0.1) is 11.8 Å². The highest BCUT2D eigenvalue weighted by atomic mass is 35.5. The minimum atomic E-state index is -0.245. The Bertz CT molecular complexity index is 755. The highest BCUT2D eigenvalue weighted by molar-refractivity contribution is 7.98. The smallest absolute Gasteiger partial charge is 0.128 e. The van der Waals surface area contributed by atoms with Crippen molar-refractivity contribution in [2.45, 2.75) is 10.6 Å². The van der Waals surface area contributed by atoms with Crippen LogP contribution in [-0.4, -0.2) is 0 Å². The van der Waals surface area contributed by atoms with E-state index in [0.717, 1.165) is 4.90 Å². The van der Waals surface area contributed by atoms with Crippen molar-refractivity contribution in [3.05, 3.63) is 77.1 Å². The molecule has 0 saturated carbocycles. The normalized spacial score (nSPS) is 10.9. The Morgan fingerprint density at radius 2 is 1.70 bits per heavy atom. The monoisotopic (exact) mass is 302 g/mol. The predicted octanol–water partition coefficient (Wildman–Crippen LogP) is 5.92. The number of halogens is 2. The summed E-state index contributed by atoms with van der Waals surface area (Å²) in [6.07, 6.45) is 0. The van der Waals surface area contributed by atoms with E-state index in [-0.39, 0.29) is 5.82 Å². The van der Waals surface area contributed by atoms with Gasteiger partial charge in [-0.2, -0.15) is 0 Å². The largest absolute Gasteiger partial charge is 0.207 e. The second-order valence-electron chi connectivity index (χ2n) is 4.53. The van der Waals surface area contributed by atoms with Gasteiger partial charge in [-0.3, -0.25) is 0 Å². The topological polar surface area (TPSA) is 0 Å². The van der Waals surface area contributed by atoms with E-state index >= 15 is 0 Å². The zero-order chi connectivity index (χ0) is 13.9. The van der Waals surface area contributed by atoms with E-state index in [1.165, 1.54) is 16.8 Å². The Labute approximate surface area is 126 Å². The molecule has 3 heteroatoms. The molecule has 0 aliphatic rings. The van der Waals surface area contributed by atoms with Crippen LogP contribution in [0.1, 0.15) is 5.56 Å². The number of benzene rings is 3. The molecule has 3 rings (SSSR count). The molecular weight excluding hydrogens is 291 g/mol. The van der Waals surface area contributed by atoms with E-state index < -0.39 is 0 Å². The quantitative estimate of drug-likeness (QED) is 0.541. The Balaban J connectivity index is 1.79. The number of hydrogen-bond donors (Lipinski definition) is 0. The van der Waals surface area contributed by atoms with E-state index in [4.69, 9.17) is 11.6 Å². The summed E-state index contributed by atoms with van der Waals surface area (Å²) < 4.78 is 13.7. The van der Waals surface area contributed by atoms with Gasteiger partial charge in [0.2, 0.25) is 0 Å². The predicted molar refractivity (Wildman–Crippen MR) is 84.9 cm³/mol. The fourth-order valence-electron chi connectivity index (χ4n) is 2.06. The van der Waals surface area contributed by atoms with Gasteiger partial charge in [-0.25, -0.2) is 4.39 Å². The molecule has 0 amide bonds. The van der Waals surface area contributed by atoms with Crippen molar-refractivity contribution in [3.63, 3.8) is 0 Å². The van der Waals surface area contributed by atoms with Crippen molar-refractivity contribution < 1.29 is 4.39 Å². The highest BCUT2D eigenvalue weighted by Gasteiger charge is 2.04. The maximum absolute atomic E-state index is 13.7. The lowest BCUT2D eigenvalue weighted by Crippen LogP contribution is -1.87. The molecule has 0 heterocycles. The van der Waals surface area contributed by atoms with Crippen molar-refractivity contribution in [1.82, 2.24) is 0 Å². The second kappa shape index (κ2) is 5.86. The molecule has 100 valence electrons. The molecular formula is C17H12ClFS. The van der Waals surface area contributed by atoms with Crippen LogP contribution in [0.3, 0.4) is 0 Å². The zero-order valence-electron chi connectivity index (χ0n) is 10.6. The summed E-state index contributed by atoms with van der Waals surface area (Å²) in [4.78, 5) is 1.14. The summed E-state index contributed by atoms with van der Waals surface area (Å²) in [5, 5.41) is 2.85. The molecule has 0 aliphatic carbocycles. The summed E-state index contributed by atoms with van der Waals surface area (Å²) in [5.41, 5.74) is 0.674. The maximum Gasteiger partial charge on any atom is 0.128 e. The van der Waals surface area contributed by atoms with Gasteiger partial charge in [0.1, 0.15) is 5.82 Å². The lowest BCUT2D eigenvalue weighted by molar-refractivity contribution is 0.617. The average Bonchev–Trinajstić information content (AvgIpc) is 2.46. The molecule has 0 unspecified atom stereocenters. The second-order valence-corrected chi connectivity index (χ2v) is 6.02. The van der Waals surface area contributed by atoms with Crippen molar-refractivity contribution >= 4 is 34.1 Å². The van der Waals surface area contributed by atoms with Crippen molar-refractivity contribution in [3.8, 4) is 0 Å². The molecule has 0 bridgehead atoms. The molecule has 0 fully saturated rings. The van der Waals surface area contributed by atoms with E-state index in [1.54, 1.807) is 23.9 Å². The Morgan fingerprint density at radius 1 is 0.900 bits per heavy atom. The molecule has 3 aromatic carbocycles. The van der Waals surface area contributed by atoms with Crippen LogP contribution in [0.4, 0.5) is 4.39 Å². The van der Waals surface area contributed by atoms with Crippen molar-refractivity contribution in [2.24, 2.45) is 0 Å². The van der Waals surface area contributed by atoms with Crippen LogP contribution in [0.2, 0.25) is 5.02 Å². The molecule has 0 aliphatic heterocycles. The van der Waals surface area contributed by atoms with Gasteiger partial charge in [0.25, 0.3) is 0 Å². The first-order valence-corrected chi connectivity index (χ1v) is 7.64. The molecule has 0 N–H and O–H groups in total. The molecule has 0 nitrogen and oxygen atoms in total. The molecule has 0 atom stereocenters. The molecule has 0 radical (unpaired) electrons. The van der Waals surface area contributed by atoms with E-state index in [1.807, 2.05) is 12.1 Å². The van der Waals surface area contributed by atoms with Gasteiger partial charge in [0, 0.05) is 15.7 Å². The van der Waals surface area contributed by atoms with Crippen LogP contribution in [0.15, 0.2) is 65.6 Å². The summed E-state index contributed by atoms with van der Waals surface area (Å²) in [7, 11) is 0. The van der Waals surface area contributed by atoms with E-state index in [0.29, 0.717) is 16.3 Å². The minimum absolute atomic E-state index is 0.245. The molecule has 3 aromatic rings. The van der Waals surface area contributed by atoms with Gasteiger partial charge in [-0.05, 0) is 40.6 Å². The average molecular weight is 303 g/mol. The van der Waals surface area contributed by atoms with Gasteiger partial charge in [0.15, 0.2) is 0 Å². The molecule has 0 aromatic heterocycles. The highest BCUT2D eigenvalue weighted by Crippen LogP contribution is 2.28. The number of hydrogen-bond acceptors (Lipinski definition) is 1. The minimum Gasteiger partial charge on any atom is -0.207 e. The molecule has 0 saturated heterocycles. The van der Waals surface area contributed by atoms with Gasteiger partial charge < -0.3 is 0 Å². The fourth-order valence-corrected chi connectivity index (χ4v) is 3.15. The standard InChI is InChI=1S/C17H12ClFS/c18-15-7-5-14(17(19)10-15)11-20-16-8-6-12-3-1-2-4-13(12)9-16/h1-10H,11H2. The van der Waals surface area contributed by atoms with Crippen LogP contribution in [-0.2, 0) is 5.75 Å². The Kier molecular flexibility index (Phi) is 3.95. The van der Waals surface area contributed by atoms with Crippen LogP contribution >= 0.6 is 23.4 Å². The summed E-state index contributed by atoms with van der Waals surface area (Å²) >= 11 is 7.38. The van der Waals surface area contributed by atoms with Gasteiger partial charge in [0.05, 0.1) is 0 Å². The van der Waals surface area contributed by atoms with Crippen LogP contribution in [0, 0.1) is 5.82 Å².